The summed E-state index contributed by atoms with van der Waals surface area (Å²) < 4.78 is 26.5. The Bertz CT molecular complexity index is 594. The summed E-state index contributed by atoms with van der Waals surface area (Å²) in [6.45, 7) is 0. The fourth-order valence-electron chi connectivity index (χ4n) is 1.33. The molecule has 1 aromatic heterocycles. The molecule has 0 unspecified atom stereocenters. The number of benzene rings is 1. The lowest BCUT2D eigenvalue weighted by Gasteiger charge is -2.07. The molecule has 0 spiro atoms. The Kier molecular flexibility index (Phi) is 3.86. The van der Waals surface area contributed by atoms with Gasteiger partial charge in [-0.2, -0.15) is 0 Å². The molecule has 3 amide bonds. The third-order valence-corrected chi connectivity index (χ3v) is 3.04. The average Bonchev–Trinajstić information content (AvgIpc) is 2.88. The van der Waals surface area contributed by atoms with E-state index in [-0.39, 0.29) is 0 Å². The van der Waals surface area contributed by atoms with Crippen LogP contribution in [0.15, 0.2) is 35.7 Å². The minimum atomic E-state index is -0.998. The number of rotatable bonds is 2. The van der Waals surface area contributed by atoms with Crippen molar-refractivity contribution in [3.63, 3.8) is 0 Å². The number of thiophene rings is 1. The molecule has 0 aliphatic carbocycles. The molecule has 2 rings (SSSR count). The number of halogens is 2. The van der Waals surface area contributed by atoms with Crippen molar-refractivity contribution in [2.24, 2.45) is 0 Å². The SMILES string of the molecule is O=C(NC(=O)c1cccs1)Nc1c(F)cccc1F. The summed E-state index contributed by atoms with van der Waals surface area (Å²) in [4.78, 5) is 23.3. The predicted octanol–water partition coefficient (Wildman–Crippen LogP) is 2.99. The fraction of sp³-hybridized carbons (Fsp3) is 0. The van der Waals surface area contributed by atoms with E-state index in [1.165, 1.54) is 12.1 Å². The maximum Gasteiger partial charge on any atom is 0.326 e. The van der Waals surface area contributed by atoms with E-state index in [2.05, 4.69) is 0 Å². The standard InChI is InChI=1S/C12H8F2N2O2S/c13-7-3-1-4-8(14)10(7)15-12(18)16-11(17)9-5-2-6-19-9/h1-6H,(H2,15,16,17,18). The van der Waals surface area contributed by atoms with Crippen molar-refractivity contribution in [3.8, 4) is 0 Å². The van der Waals surface area contributed by atoms with E-state index in [4.69, 9.17) is 0 Å². The lowest BCUT2D eigenvalue weighted by Crippen LogP contribution is -2.34. The quantitative estimate of drug-likeness (QED) is 0.889. The minimum absolute atomic E-state index is 0.323. The van der Waals surface area contributed by atoms with Gasteiger partial charge in [-0.25, -0.2) is 13.6 Å². The number of amides is 3. The third-order valence-electron chi connectivity index (χ3n) is 2.17. The molecule has 0 saturated heterocycles. The van der Waals surface area contributed by atoms with Crippen molar-refractivity contribution in [1.82, 2.24) is 5.32 Å². The summed E-state index contributed by atoms with van der Waals surface area (Å²) in [5.41, 5.74) is -0.598. The van der Waals surface area contributed by atoms with Gasteiger partial charge in [-0.1, -0.05) is 12.1 Å². The number of nitrogens with one attached hydrogen (secondary N) is 2. The monoisotopic (exact) mass is 282 g/mol. The third kappa shape index (κ3) is 3.14. The van der Waals surface area contributed by atoms with Gasteiger partial charge < -0.3 is 5.32 Å². The van der Waals surface area contributed by atoms with Crippen molar-refractivity contribution in [3.05, 3.63) is 52.2 Å². The van der Waals surface area contributed by atoms with Crippen LogP contribution < -0.4 is 10.6 Å². The van der Waals surface area contributed by atoms with E-state index in [0.29, 0.717) is 4.88 Å². The van der Waals surface area contributed by atoms with Crippen LogP contribution in [0, 0.1) is 11.6 Å². The van der Waals surface area contributed by atoms with Gasteiger partial charge in [-0.3, -0.25) is 10.1 Å². The molecule has 0 fully saturated rings. The Morgan fingerprint density at radius 2 is 1.74 bits per heavy atom. The van der Waals surface area contributed by atoms with Gasteiger partial charge in [0.25, 0.3) is 5.91 Å². The molecule has 0 aliphatic heterocycles. The van der Waals surface area contributed by atoms with Crippen LogP contribution >= 0.6 is 11.3 Å². The maximum atomic E-state index is 13.3. The van der Waals surface area contributed by atoms with Crippen LogP contribution in [-0.2, 0) is 0 Å². The molecule has 0 atom stereocenters. The Labute approximate surface area is 111 Å². The van der Waals surface area contributed by atoms with E-state index in [0.717, 1.165) is 23.5 Å². The molecule has 7 heteroatoms. The van der Waals surface area contributed by atoms with Gasteiger partial charge in [-0.05, 0) is 23.6 Å². The summed E-state index contributed by atoms with van der Waals surface area (Å²) in [6.07, 6.45) is 0. The molecule has 1 heterocycles. The van der Waals surface area contributed by atoms with Gasteiger partial charge in [0.1, 0.15) is 17.3 Å². The Hall–Kier alpha value is -2.28. The van der Waals surface area contributed by atoms with E-state index >= 15 is 0 Å². The molecule has 98 valence electrons. The number of anilines is 1. The van der Waals surface area contributed by atoms with E-state index in [1.54, 1.807) is 11.4 Å². The summed E-state index contributed by atoms with van der Waals surface area (Å²) in [5, 5.41) is 5.60. The zero-order valence-corrected chi connectivity index (χ0v) is 10.3. The van der Waals surface area contributed by atoms with E-state index < -0.39 is 29.3 Å². The highest BCUT2D eigenvalue weighted by molar-refractivity contribution is 7.12. The molecule has 2 aromatic rings. The minimum Gasteiger partial charge on any atom is -0.302 e. The van der Waals surface area contributed by atoms with Crippen molar-refractivity contribution in [2.75, 3.05) is 5.32 Å². The summed E-state index contributed by atoms with van der Waals surface area (Å²) in [7, 11) is 0. The van der Waals surface area contributed by atoms with Crippen molar-refractivity contribution in [1.29, 1.82) is 0 Å². The Morgan fingerprint density at radius 1 is 1.05 bits per heavy atom. The van der Waals surface area contributed by atoms with E-state index in [1.807, 2.05) is 10.6 Å². The first-order valence-electron chi connectivity index (χ1n) is 5.18. The lowest BCUT2D eigenvalue weighted by atomic mass is 10.3. The molecular formula is C12H8F2N2O2S. The topological polar surface area (TPSA) is 58.2 Å². The molecular weight excluding hydrogens is 274 g/mol. The fourth-order valence-corrected chi connectivity index (χ4v) is 1.95. The first-order valence-corrected chi connectivity index (χ1v) is 6.06. The highest BCUT2D eigenvalue weighted by atomic mass is 32.1. The van der Waals surface area contributed by atoms with Crippen molar-refractivity contribution >= 4 is 29.0 Å². The molecule has 0 bridgehead atoms. The van der Waals surface area contributed by atoms with Crippen LogP contribution in [0.1, 0.15) is 9.67 Å². The smallest absolute Gasteiger partial charge is 0.302 e. The normalized spacial score (nSPS) is 10.0. The zero-order chi connectivity index (χ0) is 13.8. The van der Waals surface area contributed by atoms with Crippen molar-refractivity contribution in [2.45, 2.75) is 0 Å². The average molecular weight is 282 g/mol. The number of hydrogen-bond donors (Lipinski definition) is 2. The van der Waals surface area contributed by atoms with Gasteiger partial charge in [-0.15, -0.1) is 11.3 Å². The second-order valence-electron chi connectivity index (χ2n) is 3.48. The van der Waals surface area contributed by atoms with Gasteiger partial charge >= 0.3 is 6.03 Å². The van der Waals surface area contributed by atoms with Crippen LogP contribution in [0.3, 0.4) is 0 Å². The number of hydrogen-bond acceptors (Lipinski definition) is 3. The summed E-state index contributed by atoms with van der Waals surface area (Å²) >= 11 is 1.15. The lowest BCUT2D eigenvalue weighted by molar-refractivity contribution is 0.0971. The molecule has 4 nitrogen and oxygen atoms in total. The Morgan fingerprint density at radius 3 is 2.32 bits per heavy atom. The van der Waals surface area contributed by atoms with Crippen LogP contribution in [-0.4, -0.2) is 11.9 Å². The van der Waals surface area contributed by atoms with Crippen LogP contribution in [0.25, 0.3) is 0 Å². The van der Waals surface area contributed by atoms with Gasteiger partial charge in [0.2, 0.25) is 0 Å². The van der Waals surface area contributed by atoms with Crippen LogP contribution in [0.2, 0.25) is 0 Å². The molecule has 1 aromatic carbocycles. The highest BCUT2D eigenvalue weighted by Gasteiger charge is 2.15. The number of carbonyl (C=O) groups excluding carboxylic acids is 2. The Balaban J connectivity index is 2.04. The highest BCUT2D eigenvalue weighted by Crippen LogP contribution is 2.17. The first-order chi connectivity index (χ1) is 9.08. The number of para-hydroxylation sites is 1. The summed E-state index contributed by atoms with van der Waals surface area (Å²) in [6, 6.07) is 5.34. The molecule has 0 radical (unpaired) electrons. The van der Waals surface area contributed by atoms with Crippen LogP contribution in [0.5, 0.6) is 0 Å². The van der Waals surface area contributed by atoms with Crippen LogP contribution in [0.4, 0.5) is 19.3 Å². The largest absolute Gasteiger partial charge is 0.326 e. The van der Waals surface area contributed by atoms with Gasteiger partial charge in [0.05, 0.1) is 4.88 Å². The maximum absolute atomic E-state index is 13.3. The predicted molar refractivity (Wildman–Crippen MR) is 67.2 cm³/mol. The number of urea groups is 1. The van der Waals surface area contributed by atoms with Gasteiger partial charge in [0, 0.05) is 0 Å². The first kappa shape index (κ1) is 13.2. The number of carbonyl (C=O) groups is 2. The second kappa shape index (κ2) is 5.57. The number of imide groups is 1. The second-order valence-corrected chi connectivity index (χ2v) is 4.43. The molecule has 0 aliphatic rings. The molecule has 19 heavy (non-hydrogen) atoms. The summed E-state index contributed by atoms with van der Waals surface area (Å²) in [5.74, 6) is -2.47. The van der Waals surface area contributed by atoms with Crippen molar-refractivity contribution < 1.29 is 18.4 Å². The van der Waals surface area contributed by atoms with E-state index in [9.17, 15) is 18.4 Å². The zero-order valence-electron chi connectivity index (χ0n) is 9.44. The molecule has 2 N–H and O–H groups in total. The molecule has 0 saturated carbocycles. The van der Waals surface area contributed by atoms with Gasteiger partial charge in [0.15, 0.2) is 0 Å².